The number of rotatable bonds is 13. The summed E-state index contributed by atoms with van der Waals surface area (Å²) in [7, 11) is 0. The van der Waals surface area contributed by atoms with Crippen molar-refractivity contribution in [1.29, 1.82) is 0 Å². The van der Waals surface area contributed by atoms with E-state index in [2.05, 4.69) is 52.4 Å². The van der Waals surface area contributed by atoms with Gasteiger partial charge in [0.05, 0.1) is 4.91 Å². The molecule has 0 bridgehead atoms. The molecule has 2 aliphatic rings. The van der Waals surface area contributed by atoms with E-state index in [0.717, 1.165) is 61.3 Å². The lowest BCUT2D eigenvalue weighted by Crippen LogP contribution is -2.50. The summed E-state index contributed by atoms with van der Waals surface area (Å²) >= 11 is 7.98. The molecule has 232 valence electrons. The number of fused-ring (bicyclic) bond motifs is 1. The molecule has 2 amide bonds. The summed E-state index contributed by atoms with van der Waals surface area (Å²) in [6.45, 7) is 6.38. The molecule has 1 saturated heterocycles. The standard InChI is InChI=1S/C37H44ClN3O2S/c1-2-3-22-40(26-29-11-5-4-6-12-29)23-10-21-39-36(42)31-19-17-28(18-20-31)25-35-37(43)41(27-30-13-9-14-32(38)24-30)33-15-7-8-16-34(33)44-35/h4-6,9,11-14,17-20,24-25,33-34H,2-3,7-8,10,15-16,21-23,26-27H2,1H3,(H,39,42)/b35-25+. The quantitative estimate of drug-likeness (QED) is 0.153. The summed E-state index contributed by atoms with van der Waals surface area (Å²) in [4.78, 5) is 31.9. The first-order chi connectivity index (χ1) is 21.5. The lowest BCUT2D eigenvalue weighted by molar-refractivity contribution is -0.130. The van der Waals surface area contributed by atoms with Crippen LogP contribution in [0.15, 0.2) is 83.8 Å². The van der Waals surface area contributed by atoms with E-state index in [-0.39, 0.29) is 17.9 Å². The Labute approximate surface area is 272 Å². The van der Waals surface area contributed by atoms with Gasteiger partial charge in [0.2, 0.25) is 0 Å². The van der Waals surface area contributed by atoms with E-state index < -0.39 is 0 Å². The number of halogens is 1. The van der Waals surface area contributed by atoms with Crippen molar-refractivity contribution < 1.29 is 9.59 Å². The second kappa shape index (κ2) is 16.3. The molecular weight excluding hydrogens is 586 g/mol. The molecule has 2 unspecified atom stereocenters. The number of thioether (sulfide) groups is 1. The van der Waals surface area contributed by atoms with Crippen molar-refractivity contribution in [3.8, 4) is 0 Å². The van der Waals surface area contributed by atoms with Crippen molar-refractivity contribution in [1.82, 2.24) is 15.1 Å². The molecule has 2 fully saturated rings. The number of unbranched alkanes of at least 4 members (excludes halogenated alkanes) is 1. The summed E-state index contributed by atoms with van der Waals surface area (Å²) in [5.41, 5.74) is 3.95. The smallest absolute Gasteiger partial charge is 0.260 e. The number of nitrogens with one attached hydrogen (secondary N) is 1. The van der Waals surface area contributed by atoms with Gasteiger partial charge in [0.25, 0.3) is 11.8 Å². The van der Waals surface area contributed by atoms with Crippen molar-refractivity contribution in [2.75, 3.05) is 19.6 Å². The third-order valence-corrected chi connectivity index (χ3v) is 10.2. The zero-order valence-electron chi connectivity index (χ0n) is 25.7. The van der Waals surface area contributed by atoms with Crippen LogP contribution in [0.1, 0.15) is 78.9 Å². The molecule has 1 aliphatic carbocycles. The van der Waals surface area contributed by atoms with Crippen molar-refractivity contribution in [3.63, 3.8) is 0 Å². The maximum Gasteiger partial charge on any atom is 0.260 e. The van der Waals surface area contributed by atoms with Crippen LogP contribution in [0.3, 0.4) is 0 Å². The molecule has 1 saturated carbocycles. The molecule has 3 aromatic rings. The Bertz CT molecular complexity index is 1410. The molecule has 5 rings (SSSR count). The average molecular weight is 630 g/mol. The molecule has 0 radical (unpaired) electrons. The fourth-order valence-corrected chi connectivity index (χ4v) is 7.86. The Morgan fingerprint density at radius 2 is 1.73 bits per heavy atom. The van der Waals surface area contributed by atoms with Crippen LogP contribution < -0.4 is 5.32 Å². The fraction of sp³-hybridized carbons (Fsp3) is 0.405. The highest BCUT2D eigenvalue weighted by atomic mass is 35.5. The molecular formula is C37H44ClN3O2S. The van der Waals surface area contributed by atoms with Gasteiger partial charge in [-0.2, -0.15) is 0 Å². The third-order valence-electron chi connectivity index (χ3n) is 8.54. The van der Waals surface area contributed by atoms with Gasteiger partial charge < -0.3 is 10.2 Å². The van der Waals surface area contributed by atoms with Crippen LogP contribution in [0.4, 0.5) is 0 Å². The Balaban J connectivity index is 1.17. The van der Waals surface area contributed by atoms with E-state index in [1.165, 1.54) is 24.8 Å². The highest BCUT2D eigenvalue weighted by Crippen LogP contribution is 2.42. The van der Waals surface area contributed by atoms with Crippen LogP contribution in [0.5, 0.6) is 0 Å². The van der Waals surface area contributed by atoms with E-state index in [9.17, 15) is 9.59 Å². The first-order valence-electron chi connectivity index (χ1n) is 16.1. The Hall–Kier alpha value is -3.06. The summed E-state index contributed by atoms with van der Waals surface area (Å²) in [6, 6.07) is 26.2. The van der Waals surface area contributed by atoms with E-state index in [1.807, 2.05) is 54.6 Å². The predicted octanol–water partition coefficient (Wildman–Crippen LogP) is 8.19. The van der Waals surface area contributed by atoms with Gasteiger partial charge in [-0.15, -0.1) is 11.8 Å². The summed E-state index contributed by atoms with van der Waals surface area (Å²) in [6.07, 6.45) is 9.76. The van der Waals surface area contributed by atoms with Crippen LogP contribution in [-0.4, -0.2) is 52.5 Å². The second-order valence-corrected chi connectivity index (χ2v) is 13.6. The van der Waals surface area contributed by atoms with Gasteiger partial charge in [0.15, 0.2) is 0 Å². The maximum atomic E-state index is 13.7. The van der Waals surface area contributed by atoms with Crippen molar-refractivity contribution in [3.05, 3.63) is 111 Å². The van der Waals surface area contributed by atoms with Gasteiger partial charge in [-0.25, -0.2) is 0 Å². The number of carbonyl (C=O) groups excluding carboxylic acids is 2. The minimum atomic E-state index is -0.0618. The van der Waals surface area contributed by atoms with Crippen molar-refractivity contribution in [2.45, 2.75) is 76.3 Å². The minimum absolute atomic E-state index is 0.0618. The fourth-order valence-electron chi connectivity index (χ4n) is 6.18. The normalized spacial score (nSPS) is 19.3. The Morgan fingerprint density at radius 3 is 2.50 bits per heavy atom. The first kappa shape index (κ1) is 32.3. The lowest BCUT2D eigenvalue weighted by Gasteiger charge is -2.44. The van der Waals surface area contributed by atoms with E-state index in [1.54, 1.807) is 11.8 Å². The van der Waals surface area contributed by atoms with Gasteiger partial charge in [-0.3, -0.25) is 14.5 Å². The zero-order valence-corrected chi connectivity index (χ0v) is 27.3. The largest absolute Gasteiger partial charge is 0.352 e. The SMILES string of the molecule is CCCCN(CCCNC(=O)c1ccc(/C=C2/SC3CCCCC3N(Cc3cccc(Cl)c3)C2=O)cc1)Cc1ccccc1. The maximum absolute atomic E-state index is 13.7. The number of carbonyl (C=O) groups is 2. The number of amides is 2. The van der Waals surface area contributed by atoms with Crippen LogP contribution in [-0.2, 0) is 17.9 Å². The lowest BCUT2D eigenvalue weighted by atomic mass is 9.92. The molecule has 2 atom stereocenters. The minimum Gasteiger partial charge on any atom is -0.352 e. The van der Waals surface area contributed by atoms with Crippen LogP contribution >= 0.6 is 23.4 Å². The van der Waals surface area contributed by atoms with Gasteiger partial charge in [-0.05, 0) is 79.3 Å². The molecule has 1 N–H and O–H groups in total. The average Bonchev–Trinajstić information content (AvgIpc) is 3.04. The number of hydrogen-bond acceptors (Lipinski definition) is 4. The third kappa shape index (κ3) is 8.99. The van der Waals surface area contributed by atoms with Crippen LogP contribution in [0.2, 0.25) is 5.02 Å². The summed E-state index contributed by atoms with van der Waals surface area (Å²) < 4.78 is 0. The monoisotopic (exact) mass is 629 g/mol. The zero-order chi connectivity index (χ0) is 30.7. The summed E-state index contributed by atoms with van der Waals surface area (Å²) in [5, 5.41) is 4.19. The topological polar surface area (TPSA) is 52.7 Å². The second-order valence-electron chi connectivity index (χ2n) is 11.9. The van der Waals surface area contributed by atoms with Crippen molar-refractivity contribution in [2.24, 2.45) is 0 Å². The molecule has 1 aliphatic heterocycles. The Kier molecular flexibility index (Phi) is 12.0. The van der Waals surface area contributed by atoms with Gasteiger partial charge >= 0.3 is 0 Å². The highest BCUT2D eigenvalue weighted by Gasteiger charge is 2.40. The van der Waals surface area contributed by atoms with Gasteiger partial charge in [0, 0.05) is 48.1 Å². The molecule has 3 aromatic carbocycles. The van der Waals surface area contributed by atoms with Gasteiger partial charge in [0.1, 0.15) is 0 Å². The molecule has 7 heteroatoms. The van der Waals surface area contributed by atoms with Gasteiger partial charge in [-0.1, -0.05) is 92.4 Å². The first-order valence-corrected chi connectivity index (χ1v) is 17.3. The van der Waals surface area contributed by atoms with Crippen LogP contribution in [0.25, 0.3) is 6.08 Å². The summed E-state index contributed by atoms with van der Waals surface area (Å²) in [5.74, 6) is 0.0217. The van der Waals surface area contributed by atoms with E-state index in [0.29, 0.717) is 28.9 Å². The molecule has 5 nitrogen and oxygen atoms in total. The van der Waals surface area contributed by atoms with E-state index >= 15 is 0 Å². The number of benzene rings is 3. The highest BCUT2D eigenvalue weighted by molar-refractivity contribution is 8.04. The predicted molar refractivity (Wildman–Crippen MR) is 184 cm³/mol. The number of nitrogens with zero attached hydrogens (tertiary/aromatic N) is 2. The van der Waals surface area contributed by atoms with Crippen molar-refractivity contribution >= 4 is 41.3 Å². The Morgan fingerprint density at radius 1 is 0.977 bits per heavy atom. The van der Waals surface area contributed by atoms with E-state index in [4.69, 9.17) is 11.6 Å². The van der Waals surface area contributed by atoms with Crippen LogP contribution in [0, 0.1) is 0 Å². The molecule has 1 heterocycles. The molecule has 0 aromatic heterocycles. The number of hydrogen-bond donors (Lipinski definition) is 1. The molecule has 0 spiro atoms. The molecule has 44 heavy (non-hydrogen) atoms.